The van der Waals surface area contributed by atoms with Gasteiger partial charge in [0, 0.05) is 6.42 Å². The lowest BCUT2D eigenvalue weighted by Gasteiger charge is -2.46. The van der Waals surface area contributed by atoms with Crippen molar-refractivity contribution in [2.24, 2.45) is 5.92 Å². The van der Waals surface area contributed by atoms with Crippen molar-refractivity contribution < 1.29 is 4.79 Å². The van der Waals surface area contributed by atoms with Crippen LogP contribution in [0.15, 0.2) is 0 Å². The van der Waals surface area contributed by atoms with Gasteiger partial charge in [0.05, 0.1) is 6.04 Å². The maximum Gasteiger partial charge on any atom is 0.148 e. The molecule has 3 nitrogen and oxygen atoms in total. The predicted molar refractivity (Wildman–Crippen MR) is 42.1 cm³/mol. The van der Waals surface area contributed by atoms with E-state index in [9.17, 15) is 4.79 Å². The van der Waals surface area contributed by atoms with Gasteiger partial charge in [-0.05, 0) is 19.4 Å². The first-order valence-electron chi connectivity index (χ1n) is 4.22. The van der Waals surface area contributed by atoms with Crippen molar-refractivity contribution in [1.29, 1.82) is 0 Å². The molecule has 0 radical (unpaired) electrons. The summed E-state index contributed by atoms with van der Waals surface area (Å²) in [7, 11) is 1.92. The molecule has 1 aliphatic carbocycles. The first-order chi connectivity index (χ1) is 5.29. The van der Waals surface area contributed by atoms with Crippen LogP contribution in [-0.4, -0.2) is 30.4 Å². The number of hydrogen-bond acceptors (Lipinski definition) is 2. The standard InChI is InChI=1S/C8H13N2O/c1-10-8-6(4-5-9-10)2-3-7(8)11/h6,8H,2-5H2,1H3/q-1. The first kappa shape index (κ1) is 7.25. The summed E-state index contributed by atoms with van der Waals surface area (Å²) in [5.74, 6) is 0.992. The molecule has 0 aromatic heterocycles. The van der Waals surface area contributed by atoms with Gasteiger partial charge in [0.2, 0.25) is 0 Å². The molecule has 2 aliphatic rings. The van der Waals surface area contributed by atoms with E-state index < -0.39 is 0 Å². The molecule has 3 heteroatoms. The van der Waals surface area contributed by atoms with E-state index in [1.807, 2.05) is 12.1 Å². The van der Waals surface area contributed by atoms with Crippen LogP contribution in [0.4, 0.5) is 0 Å². The van der Waals surface area contributed by atoms with Gasteiger partial charge in [0.1, 0.15) is 5.78 Å². The van der Waals surface area contributed by atoms with Gasteiger partial charge in [-0.25, -0.2) is 0 Å². The zero-order valence-corrected chi connectivity index (χ0v) is 6.79. The normalized spacial score (nSPS) is 39.2. The summed E-state index contributed by atoms with van der Waals surface area (Å²) in [6, 6.07) is 0.128. The average molecular weight is 153 g/mol. The molecule has 1 saturated heterocycles. The van der Waals surface area contributed by atoms with E-state index in [1.165, 1.54) is 0 Å². The van der Waals surface area contributed by atoms with Crippen molar-refractivity contribution in [3.8, 4) is 0 Å². The molecule has 0 N–H and O–H groups in total. The van der Waals surface area contributed by atoms with Gasteiger partial charge >= 0.3 is 0 Å². The Hall–Kier alpha value is -0.410. The number of Topliss-reactive ketones (excluding diaryl/α,β-unsaturated/α-hetero) is 1. The highest BCUT2D eigenvalue weighted by molar-refractivity contribution is 5.86. The number of rotatable bonds is 0. The highest BCUT2D eigenvalue weighted by Crippen LogP contribution is 2.34. The van der Waals surface area contributed by atoms with Gasteiger partial charge in [-0.3, -0.25) is 4.79 Å². The minimum absolute atomic E-state index is 0.128. The summed E-state index contributed by atoms with van der Waals surface area (Å²) in [6.45, 7) is 0.908. The Balaban J connectivity index is 2.14. The fourth-order valence-electron chi connectivity index (χ4n) is 2.18. The monoisotopic (exact) mass is 153 g/mol. The van der Waals surface area contributed by atoms with Gasteiger partial charge in [-0.1, -0.05) is 6.42 Å². The van der Waals surface area contributed by atoms with Crippen LogP contribution in [0.1, 0.15) is 19.3 Å². The SMILES string of the molecule is CN1[N-]CCC2CCC(=O)C21. The summed E-state index contributed by atoms with van der Waals surface area (Å²) in [5.41, 5.74) is 4.24. The van der Waals surface area contributed by atoms with Gasteiger partial charge in [-0.2, -0.15) is 0 Å². The number of likely N-dealkylation sites (N-methyl/N-ethyl adjacent to an activating group) is 1. The van der Waals surface area contributed by atoms with Crippen LogP contribution in [0.25, 0.3) is 5.43 Å². The lowest BCUT2D eigenvalue weighted by atomic mass is 9.97. The fourth-order valence-corrected chi connectivity index (χ4v) is 2.18. The Morgan fingerprint density at radius 2 is 2.36 bits per heavy atom. The lowest BCUT2D eigenvalue weighted by Crippen LogP contribution is -2.41. The lowest BCUT2D eigenvalue weighted by molar-refractivity contribution is -0.122. The molecule has 0 aromatic carbocycles. The Kier molecular flexibility index (Phi) is 1.69. The second-order valence-corrected chi connectivity index (χ2v) is 3.44. The summed E-state index contributed by atoms with van der Waals surface area (Å²) in [5, 5.41) is 1.86. The van der Waals surface area contributed by atoms with Crippen LogP contribution in [-0.2, 0) is 4.79 Å². The third-order valence-corrected chi connectivity index (χ3v) is 2.76. The highest BCUT2D eigenvalue weighted by atomic mass is 16.1. The van der Waals surface area contributed by atoms with E-state index in [0.717, 1.165) is 25.8 Å². The van der Waals surface area contributed by atoms with Crippen LogP contribution < -0.4 is 0 Å². The Morgan fingerprint density at radius 3 is 3.09 bits per heavy atom. The minimum Gasteiger partial charge on any atom is -0.594 e. The molecule has 2 atom stereocenters. The number of nitrogens with zero attached hydrogens (tertiary/aromatic N) is 2. The Morgan fingerprint density at radius 1 is 1.55 bits per heavy atom. The summed E-state index contributed by atoms with van der Waals surface area (Å²) >= 11 is 0. The predicted octanol–water partition coefficient (Wildman–Crippen LogP) is 0.958. The molecule has 1 saturated carbocycles. The molecular weight excluding hydrogens is 140 g/mol. The third-order valence-electron chi connectivity index (χ3n) is 2.76. The van der Waals surface area contributed by atoms with Crippen molar-refractivity contribution in [2.75, 3.05) is 13.6 Å². The van der Waals surface area contributed by atoms with Crippen molar-refractivity contribution >= 4 is 5.78 Å². The zero-order chi connectivity index (χ0) is 7.84. The topological polar surface area (TPSA) is 34.4 Å². The molecule has 1 heterocycles. The van der Waals surface area contributed by atoms with Crippen LogP contribution in [0.3, 0.4) is 0 Å². The fraction of sp³-hybridized carbons (Fsp3) is 0.875. The van der Waals surface area contributed by atoms with Gasteiger partial charge in [0.25, 0.3) is 0 Å². The largest absolute Gasteiger partial charge is 0.594 e. The number of carbonyl (C=O) groups is 1. The van der Waals surface area contributed by atoms with Crippen LogP contribution in [0, 0.1) is 5.92 Å². The van der Waals surface area contributed by atoms with E-state index in [1.54, 1.807) is 0 Å². The van der Waals surface area contributed by atoms with Crippen molar-refractivity contribution in [2.45, 2.75) is 25.3 Å². The molecule has 0 amide bonds. The second-order valence-electron chi connectivity index (χ2n) is 3.44. The quantitative estimate of drug-likeness (QED) is 0.519. The second kappa shape index (κ2) is 2.57. The van der Waals surface area contributed by atoms with E-state index >= 15 is 0 Å². The van der Waals surface area contributed by atoms with E-state index in [4.69, 9.17) is 0 Å². The molecule has 2 unspecified atom stereocenters. The van der Waals surface area contributed by atoms with Crippen molar-refractivity contribution in [3.63, 3.8) is 0 Å². The number of carbonyl (C=O) groups excluding carboxylic acids is 1. The number of hydrogen-bond donors (Lipinski definition) is 0. The van der Waals surface area contributed by atoms with Crippen molar-refractivity contribution in [3.05, 3.63) is 5.43 Å². The van der Waals surface area contributed by atoms with E-state index in [2.05, 4.69) is 5.43 Å². The summed E-state index contributed by atoms with van der Waals surface area (Å²) < 4.78 is 0. The molecule has 0 spiro atoms. The minimum atomic E-state index is 0.128. The molecule has 11 heavy (non-hydrogen) atoms. The van der Waals surface area contributed by atoms with Crippen LogP contribution in [0.2, 0.25) is 0 Å². The molecule has 0 aromatic rings. The molecule has 0 bridgehead atoms. The van der Waals surface area contributed by atoms with Crippen LogP contribution >= 0.6 is 0 Å². The molecule has 2 fully saturated rings. The average Bonchev–Trinajstić information content (AvgIpc) is 2.34. The maximum atomic E-state index is 11.3. The molecule has 2 rings (SSSR count). The molecular formula is C8H13N2O-. The summed E-state index contributed by atoms with van der Waals surface area (Å²) in [4.78, 5) is 11.3. The zero-order valence-electron chi connectivity index (χ0n) is 6.79. The molecule has 62 valence electrons. The van der Waals surface area contributed by atoms with Gasteiger partial charge in [0.15, 0.2) is 0 Å². The Bertz CT molecular complexity index is 181. The Labute approximate surface area is 66.7 Å². The van der Waals surface area contributed by atoms with Gasteiger partial charge < -0.3 is 10.4 Å². The maximum absolute atomic E-state index is 11.3. The summed E-state index contributed by atoms with van der Waals surface area (Å²) in [6.07, 6.45) is 2.97. The van der Waals surface area contributed by atoms with Gasteiger partial charge in [-0.15, -0.1) is 6.54 Å². The van der Waals surface area contributed by atoms with Crippen LogP contribution in [0.5, 0.6) is 0 Å². The molecule has 1 aliphatic heterocycles. The number of fused-ring (bicyclic) bond motifs is 1. The highest BCUT2D eigenvalue weighted by Gasteiger charge is 2.35. The third kappa shape index (κ3) is 1.08. The smallest absolute Gasteiger partial charge is 0.148 e. The van der Waals surface area contributed by atoms with E-state index in [0.29, 0.717) is 11.7 Å². The van der Waals surface area contributed by atoms with Crippen molar-refractivity contribution in [1.82, 2.24) is 5.01 Å². The number of ketones is 1. The first-order valence-corrected chi connectivity index (χ1v) is 4.22. The van der Waals surface area contributed by atoms with E-state index in [-0.39, 0.29) is 6.04 Å².